The Morgan fingerprint density at radius 2 is 1.65 bits per heavy atom. The Morgan fingerprint density at radius 3 is 2.35 bits per heavy atom. The standard InChI is InChI=1S/C15H12FNO3/c16-13-9-5-4-8-12(13)15(19)20-10-14(18)17-11-6-2-1-3-7-11/h1-9H,10H2,(H,17,18). The molecule has 0 spiro atoms. The van der Waals surface area contributed by atoms with Gasteiger partial charge in [-0.3, -0.25) is 4.79 Å². The zero-order valence-corrected chi connectivity index (χ0v) is 10.5. The predicted molar refractivity (Wildman–Crippen MR) is 71.8 cm³/mol. The van der Waals surface area contributed by atoms with E-state index in [-0.39, 0.29) is 5.56 Å². The van der Waals surface area contributed by atoms with Crippen molar-refractivity contribution in [1.29, 1.82) is 0 Å². The smallest absolute Gasteiger partial charge is 0.341 e. The van der Waals surface area contributed by atoms with Crippen LogP contribution in [0.3, 0.4) is 0 Å². The molecular weight excluding hydrogens is 261 g/mol. The number of rotatable bonds is 4. The van der Waals surface area contributed by atoms with E-state index in [1.165, 1.54) is 18.2 Å². The first-order valence-electron chi connectivity index (χ1n) is 5.93. The molecule has 0 atom stereocenters. The molecule has 0 bridgehead atoms. The number of esters is 1. The van der Waals surface area contributed by atoms with Gasteiger partial charge in [-0.2, -0.15) is 0 Å². The molecule has 0 saturated carbocycles. The highest BCUT2D eigenvalue weighted by atomic mass is 19.1. The summed E-state index contributed by atoms with van der Waals surface area (Å²) >= 11 is 0. The number of ether oxygens (including phenoxy) is 1. The van der Waals surface area contributed by atoms with Crippen molar-refractivity contribution >= 4 is 17.6 Å². The van der Waals surface area contributed by atoms with Gasteiger partial charge in [0.15, 0.2) is 6.61 Å². The molecule has 0 radical (unpaired) electrons. The lowest BCUT2D eigenvalue weighted by Crippen LogP contribution is -2.21. The lowest BCUT2D eigenvalue weighted by molar-refractivity contribution is -0.119. The van der Waals surface area contributed by atoms with Crippen LogP contribution in [0.1, 0.15) is 10.4 Å². The average Bonchev–Trinajstić information content (AvgIpc) is 2.46. The van der Waals surface area contributed by atoms with Crippen molar-refractivity contribution in [3.05, 3.63) is 66.0 Å². The number of anilines is 1. The minimum absolute atomic E-state index is 0.194. The minimum Gasteiger partial charge on any atom is -0.452 e. The highest BCUT2D eigenvalue weighted by molar-refractivity contribution is 5.95. The number of carbonyl (C=O) groups is 2. The van der Waals surface area contributed by atoms with Crippen molar-refractivity contribution in [2.75, 3.05) is 11.9 Å². The molecule has 2 rings (SSSR count). The average molecular weight is 273 g/mol. The van der Waals surface area contributed by atoms with Crippen molar-refractivity contribution in [1.82, 2.24) is 0 Å². The van der Waals surface area contributed by atoms with Crippen LogP contribution in [0.4, 0.5) is 10.1 Å². The number of benzene rings is 2. The molecule has 2 aromatic carbocycles. The summed E-state index contributed by atoms with van der Waals surface area (Å²) in [5.74, 6) is -2.03. The minimum atomic E-state index is -0.869. The number of hydrogen-bond donors (Lipinski definition) is 1. The van der Waals surface area contributed by atoms with Crippen LogP contribution in [0.2, 0.25) is 0 Å². The van der Waals surface area contributed by atoms with Crippen LogP contribution >= 0.6 is 0 Å². The Kier molecular flexibility index (Phi) is 4.44. The first-order valence-corrected chi connectivity index (χ1v) is 5.93. The highest BCUT2D eigenvalue weighted by Gasteiger charge is 2.13. The van der Waals surface area contributed by atoms with E-state index in [0.29, 0.717) is 5.69 Å². The van der Waals surface area contributed by atoms with Crippen LogP contribution in [0.5, 0.6) is 0 Å². The molecule has 5 heteroatoms. The van der Waals surface area contributed by atoms with Crippen molar-refractivity contribution < 1.29 is 18.7 Å². The van der Waals surface area contributed by atoms with E-state index in [4.69, 9.17) is 4.74 Å². The Hall–Kier alpha value is -2.69. The third-order valence-electron chi connectivity index (χ3n) is 2.49. The molecule has 0 aromatic heterocycles. The van der Waals surface area contributed by atoms with Crippen LogP contribution in [0, 0.1) is 5.82 Å². The molecule has 2 aromatic rings. The van der Waals surface area contributed by atoms with E-state index in [1.807, 2.05) is 6.07 Å². The number of para-hydroxylation sites is 1. The third-order valence-corrected chi connectivity index (χ3v) is 2.49. The predicted octanol–water partition coefficient (Wildman–Crippen LogP) is 2.62. The summed E-state index contributed by atoms with van der Waals surface area (Å²) in [6.45, 7) is -0.470. The Morgan fingerprint density at radius 1 is 1.00 bits per heavy atom. The number of carbonyl (C=O) groups excluding carboxylic acids is 2. The molecule has 0 heterocycles. The molecule has 20 heavy (non-hydrogen) atoms. The topological polar surface area (TPSA) is 55.4 Å². The van der Waals surface area contributed by atoms with Gasteiger partial charge in [-0.1, -0.05) is 30.3 Å². The lowest BCUT2D eigenvalue weighted by Gasteiger charge is -2.06. The largest absolute Gasteiger partial charge is 0.452 e. The first-order chi connectivity index (χ1) is 9.66. The van der Waals surface area contributed by atoms with E-state index in [0.717, 1.165) is 6.07 Å². The van der Waals surface area contributed by atoms with Gasteiger partial charge in [-0.05, 0) is 24.3 Å². The molecule has 0 aliphatic rings. The monoisotopic (exact) mass is 273 g/mol. The fourth-order valence-corrected chi connectivity index (χ4v) is 1.55. The maximum absolute atomic E-state index is 13.3. The normalized spacial score (nSPS) is 9.85. The second-order valence-electron chi connectivity index (χ2n) is 3.97. The van der Waals surface area contributed by atoms with Gasteiger partial charge in [-0.15, -0.1) is 0 Å². The fourth-order valence-electron chi connectivity index (χ4n) is 1.55. The Labute approximate surface area is 115 Å². The van der Waals surface area contributed by atoms with Gasteiger partial charge < -0.3 is 10.1 Å². The SMILES string of the molecule is O=C(COC(=O)c1ccccc1F)Nc1ccccc1. The Balaban J connectivity index is 1.88. The van der Waals surface area contributed by atoms with Crippen LogP contribution in [0.15, 0.2) is 54.6 Å². The van der Waals surface area contributed by atoms with Gasteiger partial charge >= 0.3 is 5.97 Å². The fraction of sp³-hybridized carbons (Fsp3) is 0.0667. The summed E-state index contributed by atoms with van der Waals surface area (Å²) in [6, 6.07) is 14.2. The van der Waals surface area contributed by atoms with Gasteiger partial charge in [0.25, 0.3) is 5.91 Å². The highest BCUT2D eigenvalue weighted by Crippen LogP contribution is 2.08. The number of amides is 1. The van der Waals surface area contributed by atoms with E-state index in [1.54, 1.807) is 24.3 Å². The number of nitrogens with one attached hydrogen (secondary N) is 1. The third kappa shape index (κ3) is 3.65. The molecule has 0 aliphatic carbocycles. The molecule has 0 fully saturated rings. The Bertz CT molecular complexity index is 614. The van der Waals surface area contributed by atoms with E-state index in [9.17, 15) is 14.0 Å². The van der Waals surface area contributed by atoms with Gasteiger partial charge in [0.05, 0.1) is 5.56 Å². The summed E-state index contributed by atoms with van der Waals surface area (Å²) in [5, 5.41) is 2.55. The molecule has 102 valence electrons. The molecular formula is C15H12FNO3. The summed E-state index contributed by atoms with van der Waals surface area (Å²) in [6.07, 6.45) is 0. The molecule has 0 saturated heterocycles. The first kappa shape index (κ1) is 13.7. The van der Waals surface area contributed by atoms with Crippen molar-refractivity contribution in [2.45, 2.75) is 0 Å². The summed E-state index contributed by atoms with van der Waals surface area (Å²) in [4.78, 5) is 23.1. The molecule has 0 aliphatic heterocycles. The van der Waals surface area contributed by atoms with Crippen molar-refractivity contribution in [3.8, 4) is 0 Å². The van der Waals surface area contributed by atoms with Gasteiger partial charge in [-0.25, -0.2) is 9.18 Å². The van der Waals surface area contributed by atoms with E-state index >= 15 is 0 Å². The van der Waals surface area contributed by atoms with Crippen LogP contribution < -0.4 is 5.32 Å². The lowest BCUT2D eigenvalue weighted by atomic mass is 10.2. The summed E-state index contributed by atoms with van der Waals surface area (Å²) in [5.41, 5.74) is 0.402. The summed E-state index contributed by atoms with van der Waals surface area (Å²) < 4.78 is 18.1. The quantitative estimate of drug-likeness (QED) is 0.871. The van der Waals surface area contributed by atoms with Gasteiger partial charge in [0.2, 0.25) is 0 Å². The van der Waals surface area contributed by atoms with Crippen molar-refractivity contribution in [2.24, 2.45) is 0 Å². The maximum Gasteiger partial charge on any atom is 0.341 e. The molecule has 1 N–H and O–H groups in total. The van der Waals surface area contributed by atoms with E-state index in [2.05, 4.69) is 5.32 Å². The van der Waals surface area contributed by atoms with Crippen LogP contribution in [-0.4, -0.2) is 18.5 Å². The zero-order valence-electron chi connectivity index (χ0n) is 10.5. The van der Waals surface area contributed by atoms with Crippen molar-refractivity contribution in [3.63, 3.8) is 0 Å². The van der Waals surface area contributed by atoms with Crippen LogP contribution in [-0.2, 0) is 9.53 Å². The number of halogens is 1. The van der Waals surface area contributed by atoms with Gasteiger partial charge in [0, 0.05) is 5.69 Å². The summed E-state index contributed by atoms with van der Waals surface area (Å²) in [7, 11) is 0. The molecule has 1 amide bonds. The van der Waals surface area contributed by atoms with Gasteiger partial charge in [0.1, 0.15) is 5.82 Å². The second kappa shape index (κ2) is 6.47. The maximum atomic E-state index is 13.3. The zero-order chi connectivity index (χ0) is 14.4. The molecule has 4 nitrogen and oxygen atoms in total. The second-order valence-corrected chi connectivity index (χ2v) is 3.97. The van der Waals surface area contributed by atoms with E-state index < -0.39 is 24.3 Å². The molecule has 0 unspecified atom stereocenters. The number of hydrogen-bond acceptors (Lipinski definition) is 3. The van der Waals surface area contributed by atoms with Crippen LogP contribution in [0.25, 0.3) is 0 Å².